The number of hydrogen-bond acceptors (Lipinski definition) is 6. The molecule has 1 aliphatic rings. The van der Waals surface area contributed by atoms with Crippen molar-refractivity contribution in [2.24, 2.45) is 0 Å². The molecule has 2 heterocycles. The van der Waals surface area contributed by atoms with Crippen LogP contribution in [0.25, 0.3) is 0 Å². The second-order valence-corrected chi connectivity index (χ2v) is 10.1. The molecule has 4 rings (SSSR count). The van der Waals surface area contributed by atoms with E-state index < -0.39 is 5.67 Å². The molecule has 0 radical (unpaired) electrons. The number of benzene rings is 1. The molecule has 3 N–H and O–H groups in total. The van der Waals surface area contributed by atoms with Gasteiger partial charge < -0.3 is 20.9 Å². The Kier molecular flexibility index (Phi) is 7.88. The van der Waals surface area contributed by atoms with Crippen LogP contribution in [0.15, 0.2) is 61.3 Å². The van der Waals surface area contributed by atoms with Gasteiger partial charge in [0.15, 0.2) is 0 Å². The number of carbonyl (C=O) groups is 1. The molecule has 0 fully saturated rings. The lowest BCUT2D eigenvalue weighted by atomic mass is 9.87. The van der Waals surface area contributed by atoms with Crippen molar-refractivity contribution in [3.8, 4) is 0 Å². The number of rotatable bonds is 9. The summed E-state index contributed by atoms with van der Waals surface area (Å²) in [5.74, 6) is 0.707. The summed E-state index contributed by atoms with van der Waals surface area (Å²) in [5.41, 5.74) is 3.21. The standard InChI is InChI=1S/C29H35FN6O/c1-6-14-31-28(37)23-18-32-27(17-24(23)34-26-9-7-8-25(35-26)29(2,3)30)33-21-12-10-19-11-13-22(36(4)5)16-20(19)15-21/h6-10,12,15,17-18,22H,1,11,13-14,16H2,2-5H3,(H,31,37)(H2,32,33,34,35). The van der Waals surface area contributed by atoms with Gasteiger partial charge in [0.05, 0.1) is 16.9 Å². The van der Waals surface area contributed by atoms with Gasteiger partial charge in [0.25, 0.3) is 5.91 Å². The number of alkyl halides is 1. The molecule has 2 aromatic heterocycles. The molecule has 0 aliphatic heterocycles. The number of carbonyl (C=O) groups excluding carboxylic acids is 1. The minimum absolute atomic E-state index is 0.299. The van der Waals surface area contributed by atoms with Crippen molar-refractivity contribution in [1.29, 1.82) is 0 Å². The molecule has 194 valence electrons. The fraction of sp³-hybridized carbons (Fsp3) is 0.345. The first-order valence-electron chi connectivity index (χ1n) is 12.5. The van der Waals surface area contributed by atoms with Crippen molar-refractivity contribution in [1.82, 2.24) is 20.2 Å². The van der Waals surface area contributed by atoms with Crippen molar-refractivity contribution in [2.45, 2.75) is 44.8 Å². The number of halogens is 1. The first kappa shape index (κ1) is 26.3. The van der Waals surface area contributed by atoms with E-state index in [4.69, 9.17) is 0 Å². The third-order valence-electron chi connectivity index (χ3n) is 6.59. The summed E-state index contributed by atoms with van der Waals surface area (Å²) in [4.78, 5) is 24.0. The van der Waals surface area contributed by atoms with Gasteiger partial charge in [-0.2, -0.15) is 0 Å². The van der Waals surface area contributed by atoms with Gasteiger partial charge in [-0.3, -0.25) is 4.79 Å². The quantitative estimate of drug-likeness (QED) is 0.335. The van der Waals surface area contributed by atoms with E-state index in [0.29, 0.717) is 41.2 Å². The van der Waals surface area contributed by atoms with Gasteiger partial charge in [0.1, 0.15) is 17.3 Å². The van der Waals surface area contributed by atoms with Crippen LogP contribution in [0.5, 0.6) is 0 Å². The maximum atomic E-state index is 14.5. The number of hydrogen-bond donors (Lipinski definition) is 3. The fourth-order valence-corrected chi connectivity index (χ4v) is 4.45. The average molecular weight is 503 g/mol. The number of anilines is 4. The molecule has 0 bridgehead atoms. The fourth-order valence-electron chi connectivity index (χ4n) is 4.45. The zero-order chi connectivity index (χ0) is 26.6. The summed E-state index contributed by atoms with van der Waals surface area (Å²) in [7, 11) is 4.25. The summed E-state index contributed by atoms with van der Waals surface area (Å²) in [6.45, 7) is 6.89. The Morgan fingerprint density at radius 1 is 1.16 bits per heavy atom. The molecule has 7 nitrogen and oxygen atoms in total. The van der Waals surface area contributed by atoms with Crippen LogP contribution >= 0.6 is 0 Å². The predicted molar refractivity (Wildman–Crippen MR) is 148 cm³/mol. The number of fused-ring (bicyclic) bond motifs is 1. The lowest BCUT2D eigenvalue weighted by molar-refractivity contribution is 0.0958. The topological polar surface area (TPSA) is 82.2 Å². The lowest BCUT2D eigenvalue weighted by Crippen LogP contribution is -2.33. The number of nitrogens with zero attached hydrogens (tertiary/aromatic N) is 3. The Morgan fingerprint density at radius 3 is 2.70 bits per heavy atom. The maximum absolute atomic E-state index is 14.5. The van der Waals surface area contributed by atoms with Gasteiger partial charge in [-0.1, -0.05) is 18.2 Å². The molecular formula is C29H35FN6O. The molecule has 0 saturated heterocycles. The van der Waals surface area contributed by atoms with Crippen LogP contribution in [0, 0.1) is 0 Å². The van der Waals surface area contributed by atoms with Crippen LogP contribution in [0.1, 0.15) is 47.4 Å². The van der Waals surface area contributed by atoms with Crippen LogP contribution in [0.3, 0.4) is 0 Å². The average Bonchev–Trinajstić information content (AvgIpc) is 2.86. The Hall–Kier alpha value is -3.78. The zero-order valence-electron chi connectivity index (χ0n) is 21.9. The third-order valence-corrected chi connectivity index (χ3v) is 6.59. The second-order valence-electron chi connectivity index (χ2n) is 10.1. The number of pyridine rings is 2. The summed E-state index contributed by atoms with van der Waals surface area (Å²) in [6.07, 6.45) is 6.37. The molecule has 3 aromatic rings. The monoisotopic (exact) mass is 502 g/mol. The first-order chi connectivity index (χ1) is 17.6. The van der Waals surface area contributed by atoms with Gasteiger partial charge in [-0.15, -0.1) is 6.58 Å². The molecule has 1 unspecified atom stereocenters. The summed E-state index contributed by atoms with van der Waals surface area (Å²) in [6, 6.07) is 13.8. The summed E-state index contributed by atoms with van der Waals surface area (Å²) in [5, 5.41) is 9.35. The highest BCUT2D eigenvalue weighted by molar-refractivity contribution is 6.00. The molecule has 1 amide bonds. The third kappa shape index (κ3) is 6.51. The van der Waals surface area contributed by atoms with Crippen molar-refractivity contribution in [3.63, 3.8) is 0 Å². The minimum Gasteiger partial charge on any atom is -0.348 e. The highest BCUT2D eigenvalue weighted by atomic mass is 19.1. The van der Waals surface area contributed by atoms with E-state index in [1.807, 2.05) is 0 Å². The molecule has 1 aliphatic carbocycles. The van der Waals surface area contributed by atoms with E-state index in [2.05, 4.69) is 69.7 Å². The highest BCUT2D eigenvalue weighted by Crippen LogP contribution is 2.30. The van der Waals surface area contributed by atoms with Crippen LogP contribution in [-0.4, -0.2) is 47.5 Å². The molecule has 1 atom stereocenters. The predicted octanol–water partition coefficient (Wildman–Crippen LogP) is 5.50. The van der Waals surface area contributed by atoms with Crippen molar-refractivity contribution < 1.29 is 9.18 Å². The molecule has 37 heavy (non-hydrogen) atoms. The Balaban J connectivity index is 1.63. The van der Waals surface area contributed by atoms with Crippen LogP contribution < -0.4 is 16.0 Å². The van der Waals surface area contributed by atoms with Crippen molar-refractivity contribution in [2.75, 3.05) is 31.3 Å². The summed E-state index contributed by atoms with van der Waals surface area (Å²) >= 11 is 0. The van der Waals surface area contributed by atoms with Gasteiger partial charge in [-0.05, 0) is 82.6 Å². The van der Waals surface area contributed by atoms with Crippen LogP contribution in [0.4, 0.5) is 27.4 Å². The minimum atomic E-state index is -1.59. The molecule has 0 spiro atoms. The summed E-state index contributed by atoms with van der Waals surface area (Å²) < 4.78 is 14.5. The molecule has 1 aromatic carbocycles. The van der Waals surface area contributed by atoms with E-state index in [1.54, 1.807) is 30.3 Å². The van der Waals surface area contributed by atoms with E-state index in [9.17, 15) is 9.18 Å². The normalized spacial score (nSPS) is 15.1. The lowest BCUT2D eigenvalue weighted by Gasteiger charge is -2.30. The Morgan fingerprint density at radius 2 is 1.97 bits per heavy atom. The van der Waals surface area contributed by atoms with Crippen molar-refractivity contribution >= 4 is 28.9 Å². The first-order valence-corrected chi connectivity index (χ1v) is 12.5. The Labute approximate surface area is 218 Å². The van der Waals surface area contributed by atoms with E-state index in [0.717, 1.165) is 24.9 Å². The smallest absolute Gasteiger partial charge is 0.255 e. The second kappa shape index (κ2) is 11.1. The largest absolute Gasteiger partial charge is 0.348 e. The number of aryl methyl sites for hydroxylation is 1. The van der Waals surface area contributed by atoms with Crippen molar-refractivity contribution in [3.05, 3.63) is 83.7 Å². The molecule has 8 heteroatoms. The zero-order valence-corrected chi connectivity index (χ0v) is 21.9. The highest BCUT2D eigenvalue weighted by Gasteiger charge is 2.22. The van der Waals surface area contributed by atoms with E-state index in [-0.39, 0.29) is 5.91 Å². The SMILES string of the molecule is C=CCNC(=O)c1cnc(Nc2ccc3c(c2)CC(N(C)C)CC3)cc1Nc1cccc(C(C)(C)F)n1. The van der Waals surface area contributed by atoms with Crippen LogP contribution in [-0.2, 0) is 18.5 Å². The number of nitrogens with one attached hydrogen (secondary N) is 3. The van der Waals surface area contributed by atoms with Crippen LogP contribution in [0.2, 0.25) is 0 Å². The van der Waals surface area contributed by atoms with Gasteiger partial charge in [0, 0.05) is 30.5 Å². The van der Waals surface area contributed by atoms with Gasteiger partial charge in [0.2, 0.25) is 0 Å². The molecular weight excluding hydrogens is 467 g/mol. The maximum Gasteiger partial charge on any atom is 0.255 e. The van der Waals surface area contributed by atoms with E-state index in [1.165, 1.54) is 31.2 Å². The number of likely N-dealkylation sites (N-methyl/N-ethyl adjacent to an activating group) is 1. The molecule has 0 saturated carbocycles. The number of aromatic nitrogens is 2. The number of amides is 1. The van der Waals surface area contributed by atoms with Gasteiger partial charge in [-0.25, -0.2) is 14.4 Å². The Bertz CT molecular complexity index is 1280. The van der Waals surface area contributed by atoms with Gasteiger partial charge >= 0.3 is 0 Å². The van der Waals surface area contributed by atoms with E-state index >= 15 is 0 Å².